The fraction of sp³-hybridized carbons (Fsp3) is 0.458. The van der Waals surface area contributed by atoms with E-state index in [9.17, 15) is 8.42 Å². The van der Waals surface area contributed by atoms with Crippen molar-refractivity contribution in [2.24, 2.45) is 0 Å². The summed E-state index contributed by atoms with van der Waals surface area (Å²) in [6.07, 6.45) is 5.63. The molecule has 2 saturated heterocycles. The Bertz CT molecular complexity index is 1250. The number of H-pyrrole nitrogens is 1. The maximum Gasteiger partial charge on any atom is 0.243 e. The molecule has 0 bridgehead atoms. The maximum atomic E-state index is 12.9. The predicted molar refractivity (Wildman–Crippen MR) is 133 cm³/mol. The predicted octanol–water partition coefficient (Wildman–Crippen LogP) is 2.83. The van der Waals surface area contributed by atoms with Crippen LogP contribution in [0.3, 0.4) is 0 Å². The van der Waals surface area contributed by atoms with Crippen molar-refractivity contribution in [1.82, 2.24) is 29.1 Å². The van der Waals surface area contributed by atoms with E-state index in [0.717, 1.165) is 49.8 Å². The fourth-order valence-corrected chi connectivity index (χ4v) is 5.93. The van der Waals surface area contributed by atoms with Crippen LogP contribution in [0.15, 0.2) is 47.6 Å². The van der Waals surface area contributed by atoms with E-state index in [0.29, 0.717) is 30.6 Å². The van der Waals surface area contributed by atoms with Gasteiger partial charge in [0.2, 0.25) is 16.0 Å². The summed E-state index contributed by atoms with van der Waals surface area (Å²) in [5, 5.41) is 3.17. The van der Waals surface area contributed by atoms with Crippen LogP contribution in [0.5, 0.6) is 0 Å². The molecule has 2 aliphatic rings. The molecule has 0 spiro atoms. The van der Waals surface area contributed by atoms with Crippen LogP contribution in [0.2, 0.25) is 0 Å². The Morgan fingerprint density at radius 2 is 1.86 bits per heavy atom. The van der Waals surface area contributed by atoms with Crippen molar-refractivity contribution in [2.75, 3.05) is 45.2 Å². The summed E-state index contributed by atoms with van der Waals surface area (Å²) in [7, 11) is -1.50. The van der Waals surface area contributed by atoms with Crippen molar-refractivity contribution >= 4 is 21.7 Å². The number of hydrogen-bond donors (Lipinski definition) is 2. The summed E-state index contributed by atoms with van der Waals surface area (Å²) in [6.45, 7) is 5.31. The van der Waals surface area contributed by atoms with Gasteiger partial charge in [-0.05, 0) is 57.1 Å². The van der Waals surface area contributed by atoms with E-state index in [1.165, 1.54) is 0 Å². The van der Waals surface area contributed by atoms with Crippen molar-refractivity contribution in [2.45, 2.75) is 36.7 Å². The highest BCUT2D eigenvalue weighted by atomic mass is 32.2. The number of imidazole rings is 1. The number of likely N-dealkylation sites (N-methyl/N-ethyl adjacent to an activating group) is 1. The van der Waals surface area contributed by atoms with Gasteiger partial charge in [0.05, 0.1) is 28.6 Å². The Morgan fingerprint density at radius 3 is 2.60 bits per heavy atom. The lowest BCUT2D eigenvalue weighted by atomic mass is 9.96. The van der Waals surface area contributed by atoms with E-state index in [2.05, 4.69) is 37.1 Å². The van der Waals surface area contributed by atoms with Crippen LogP contribution in [-0.2, 0) is 14.8 Å². The normalized spacial score (nSPS) is 22.2. The number of ether oxygens (including phenoxy) is 1. The van der Waals surface area contributed by atoms with Crippen LogP contribution >= 0.6 is 0 Å². The molecule has 10 nitrogen and oxygen atoms in total. The van der Waals surface area contributed by atoms with Crippen molar-refractivity contribution < 1.29 is 13.2 Å². The van der Waals surface area contributed by atoms with E-state index in [1.54, 1.807) is 41.0 Å². The van der Waals surface area contributed by atoms with Gasteiger partial charge in [-0.2, -0.15) is 4.31 Å². The third kappa shape index (κ3) is 5.37. The smallest absolute Gasteiger partial charge is 0.243 e. The van der Waals surface area contributed by atoms with Gasteiger partial charge in [0, 0.05) is 50.6 Å². The Hall–Kier alpha value is -2.86. The van der Waals surface area contributed by atoms with E-state index in [1.807, 2.05) is 13.1 Å². The number of piperazine rings is 1. The van der Waals surface area contributed by atoms with Gasteiger partial charge in [0.1, 0.15) is 5.82 Å². The number of benzene rings is 1. The van der Waals surface area contributed by atoms with Crippen molar-refractivity contribution in [3.63, 3.8) is 0 Å². The SMILES string of the molecule is CC1CC(c2ncc(-c3ccnc(Nc4ccc(S(=O)(=O)N5CCN(C)CC5)cc4)n3)[nH]2)CCO1. The molecule has 11 heteroatoms. The second-order valence-corrected chi connectivity index (χ2v) is 11.1. The number of aromatic nitrogens is 4. The molecule has 0 radical (unpaired) electrons. The van der Waals surface area contributed by atoms with E-state index in [4.69, 9.17) is 4.74 Å². The molecule has 3 aromatic rings. The molecule has 2 aliphatic heterocycles. The van der Waals surface area contributed by atoms with Crippen LogP contribution in [0.25, 0.3) is 11.4 Å². The van der Waals surface area contributed by atoms with Crippen LogP contribution in [0.1, 0.15) is 31.5 Å². The Kier molecular flexibility index (Phi) is 6.83. The zero-order valence-electron chi connectivity index (χ0n) is 20.0. The number of nitrogens with one attached hydrogen (secondary N) is 2. The Morgan fingerprint density at radius 1 is 1.09 bits per heavy atom. The molecule has 186 valence electrons. The maximum absolute atomic E-state index is 12.9. The molecule has 1 aromatic carbocycles. The number of anilines is 2. The Balaban J connectivity index is 1.27. The molecular weight excluding hydrogens is 466 g/mol. The second kappa shape index (κ2) is 10.0. The molecule has 35 heavy (non-hydrogen) atoms. The highest BCUT2D eigenvalue weighted by molar-refractivity contribution is 7.89. The van der Waals surface area contributed by atoms with Crippen molar-refractivity contribution in [3.8, 4) is 11.4 Å². The number of hydrogen-bond acceptors (Lipinski definition) is 8. The molecule has 2 unspecified atom stereocenters. The number of nitrogens with zero attached hydrogens (tertiary/aromatic N) is 5. The van der Waals surface area contributed by atoms with Gasteiger partial charge in [0.15, 0.2) is 0 Å². The zero-order valence-corrected chi connectivity index (χ0v) is 20.8. The van der Waals surface area contributed by atoms with Gasteiger partial charge in [-0.15, -0.1) is 0 Å². The Labute approximate surface area is 205 Å². The van der Waals surface area contributed by atoms with Gasteiger partial charge in [-0.25, -0.2) is 23.4 Å². The lowest BCUT2D eigenvalue weighted by Crippen LogP contribution is -2.46. The van der Waals surface area contributed by atoms with Crippen molar-refractivity contribution in [1.29, 1.82) is 0 Å². The van der Waals surface area contributed by atoms with E-state index in [-0.39, 0.29) is 11.0 Å². The molecule has 2 N–H and O–H groups in total. The van der Waals surface area contributed by atoms with Crippen LogP contribution in [0.4, 0.5) is 11.6 Å². The highest BCUT2D eigenvalue weighted by Crippen LogP contribution is 2.29. The summed E-state index contributed by atoms with van der Waals surface area (Å²) < 4.78 is 33.1. The average molecular weight is 498 g/mol. The highest BCUT2D eigenvalue weighted by Gasteiger charge is 2.27. The summed E-state index contributed by atoms with van der Waals surface area (Å²) in [4.78, 5) is 19.3. The van der Waals surface area contributed by atoms with Gasteiger partial charge < -0.3 is 19.9 Å². The van der Waals surface area contributed by atoms with Gasteiger partial charge in [-0.3, -0.25) is 0 Å². The molecule has 5 rings (SSSR count). The molecule has 0 aliphatic carbocycles. The second-order valence-electron chi connectivity index (χ2n) is 9.21. The molecule has 2 fully saturated rings. The molecule has 0 saturated carbocycles. The summed E-state index contributed by atoms with van der Waals surface area (Å²) in [6, 6.07) is 8.55. The first-order valence-corrected chi connectivity index (χ1v) is 13.4. The molecule has 2 atom stereocenters. The zero-order chi connectivity index (χ0) is 24.4. The van der Waals surface area contributed by atoms with Crippen molar-refractivity contribution in [3.05, 3.63) is 48.5 Å². The van der Waals surface area contributed by atoms with Gasteiger partial charge in [-0.1, -0.05) is 0 Å². The van der Waals surface area contributed by atoms with Crippen LogP contribution in [-0.4, -0.2) is 83.5 Å². The number of aromatic amines is 1. The van der Waals surface area contributed by atoms with E-state index >= 15 is 0 Å². The summed E-state index contributed by atoms with van der Waals surface area (Å²) in [5.74, 6) is 1.74. The number of sulfonamides is 1. The minimum atomic E-state index is -3.50. The first-order valence-electron chi connectivity index (χ1n) is 11.9. The van der Waals surface area contributed by atoms with Crippen LogP contribution in [0, 0.1) is 0 Å². The van der Waals surface area contributed by atoms with Gasteiger partial charge in [0.25, 0.3) is 0 Å². The third-order valence-corrected chi connectivity index (χ3v) is 8.52. The lowest BCUT2D eigenvalue weighted by Gasteiger charge is -2.31. The molecule has 4 heterocycles. The summed E-state index contributed by atoms with van der Waals surface area (Å²) >= 11 is 0. The van der Waals surface area contributed by atoms with Gasteiger partial charge >= 0.3 is 0 Å². The topological polar surface area (TPSA) is 116 Å². The largest absolute Gasteiger partial charge is 0.378 e. The fourth-order valence-electron chi connectivity index (χ4n) is 4.51. The first kappa shape index (κ1) is 23.9. The monoisotopic (exact) mass is 497 g/mol. The first-order chi connectivity index (χ1) is 16.9. The number of rotatable bonds is 6. The molecule has 0 amide bonds. The molecular formula is C24H31N7O3S. The minimum absolute atomic E-state index is 0.236. The lowest BCUT2D eigenvalue weighted by molar-refractivity contribution is 0.0174. The molecule has 2 aromatic heterocycles. The summed E-state index contributed by atoms with van der Waals surface area (Å²) in [5.41, 5.74) is 2.27. The quantitative estimate of drug-likeness (QED) is 0.534. The van der Waals surface area contributed by atoms with E-state index < -0.39 is 10.0 Å². The average Bonchev–Trinajstić information content (AvgIpc) is 3.36. The third-order valence-electron chi connectivity index (χ3n) is 6.61. The van der Waals surface area contributed by atoms with Crippen LogP contribution < -0.4 is 5.32 Å². The standard InChI is InChI=1S/C24H31N7O3S/c1-17-15-18(8-14-34-17)23-26-16-22(28-23)21-7-9-25-24(29-21)27-19-3-5-20(6-4-19)35(32,33)31-12-10-30(2)11-13-31/h3-7,9,16-18H,8,10-15H2,1-2H3,(H,26,28)(H,25,27,29). The minimum Gasteiger partial charge on any atom is -0.378 e.